The second kappa shape index (κ2) is 5.06. The maximum atomic E-state index is 12.3. The van der Waals surface area contributed by atoms with Crippen LogP contribution in [-0.2, 0) is 17.6 Å². The molecule has 0 saturated heterocycles. The van der Waals surface area contributed by atoms with Gasteiger partial charge in [0.15, 0.2) is 0 Å². The van der Waals surface area contributed by atoms with Crippen LogP contribution in [-0.4, -0.2) is 29.2 Å². The van der Waals surface area contributed by atoms with Crippen molar-refractivity contribution in [2.45, 2.75) is 65.0 Å². The van der Waals surface area contributed by atoms with Gasteiger partial charge in [-0.3, -0.25) is 0 Å². The van der Waals surface area contributed by atoms with Crippen LogP contribution in [0.15, 0.2) is 5.38 Å². The lowest BCUT2D eigenvalue weighted by Gasteiger charge is -2.42. The van der Waals surface area contributed by atoms with Gasteiger partial charge >= 0.3 is 6.09 Å². The van der Waals surface area contributed by atoms with Gasteiger partial charge in [0.2, 0.25) is 0 Å². The van der Waals surface area contributed by atoms with Gasteiger partial charge in [-0.1, -0.05) is 0 Å². The number of rotatable bonds is 1. The second-order valence-corrected chi connectivity index (χ2v) is 8.09. The molecule has 0 aromatic carbocycles. The molecule has 0 aliphatic heterocycles. The highest BCUT2D eigenvalue weighted by Gasteiger charge is 2.38. The van der Waals surface area contributed by atoms with Gasteiger partial charge in [0.05, 0.1) is 0 Å². The summed E-state index contributed by atoms with van der Waals surface area (Å²) in [4.78, 5) is 15.5. The van der Waals surface area contributed by atoms with Crippen molar-refractivity contribution in [3.63, 3.8) is 0 Å². The Bertz CT molecular complexity index is 515. The SMILES string of the molecule is Cc1scc2c1CCC(C)(N(C)C(=O)OC(C)(C)C)C2. The van der Waals surface area contributed by atoms with Crippen LogP contribution < -0.4 is 0 Å². The van der Waals surface area contributed by atoms with Gasteiger partial charge in [0, 0.05) is 17.5 Å². The number of ether oxygens (including phenoxy) is 1. The number of amides is 1. The van der Waals surface area contributed by atoms with Crippen molar-refractivity contribution >= 4 is 17.4 Å². The van der Waals surface area contributed by atoms with Crippen molar-refractivity contribution in [2.75, 3.05) is 7.05 Å². The van der Waals surface area contributed by atoms with E-state index < -0.39 is 5.60 Å². The van der Waals surface area contributed by atoms with Crippen molar-refractivity contribution in [2.24, 2.45) is 0 Å². The highest BCUT2D eigenvalue weighted by Crippen LogP contribution is 2.37. The van der Waals surface area contributed by atoms with Gasteiger partial charge in [-0.25, -0.2) is 4.79 Å². The molecule has 1 aromatic heterocycles. The molecular weight excluding hydrogens is 270 g/mol. The summed E-state index contributed by atoms with van der Waals surface area (Å²) in [6.07, 6.45) is 2.74. The van der Waals surface area contributed by atoms with Gasteiger partial charge in [-0.2, -0.15) is 0 Å². The molecule has 0 fully saturated rings. The number of carbonyl (C=O) groups excluding carboxylic acids is 1. The van der Waals surface area contributed by atoms with Crippen LogP contribution in [0.3, 0.4) is 0 Å². The monoisotopic (exact) mass is 295 g/mol. The molecule has 112 valence electrons. The first-order chi connectivity index (χ1) is 9.12. The van der Waals surface area contributed by atoms with E-state index in [2.05, 4.69) is 19.2 Å². The van der Waals surface area contributed by atoms with Crippen molar-refractivity contribution < 1.29 is 9.53 Å². The maximum Gasteiger partial charge on any atom is 0.410 e. The molecule has 1 heterocycles. The largest absolute Gasteiger partial charge is 0.444 e. The van der Waals surface area contributed by atoms with E-state index in [-0.39, 0.29) is 11.6 Å². The fraction of sp³-hybridized carbons (Fsp3) is 0.688. The minimum atomic E-state index is -0.444. The molecule has 1 aliphatic rings. The number of nitrogens with zero attached hydrogens (tertiary/aromatic N) is 1. The molecule has 1 amide bonds. The third-order valence-corrected chi connectivity index (χ3v) is 5.15. The summed E-state index contributed by atoms with van der Waals surface area (Å²) in [6.45, 7) is 10.1. The summed E-state index contributed by atoms with van der Waals surface area (Å²) in [5, 5.41) is 2.24. The van der Waals surface area contributed by atoms with Gasteiger partial charge in [-0.15, -0.1) is 11.3 Å². The van der Waals surface area contributed by atoms with E-state index in [9.17, 15) is 4.79 Å². The van der Waals surface area contributed by atoms with Crippen molar-refractivity contribution in [1.29, 1.82) is 0 Å². The zero-order chi connectivity index (χ0) is 15.1. The van der Waals surface area contributed by atoms with Crippen LogP contribution in [0.2, 0.25) is 0 Å². The molecule has 0 bridgehead atoms. The third-order valence-electron chi connectivity index (χ3n) is 4.15. The number of likely N-dealkylation sites (N-methyl/N-ethyl adjacent to an activating group) is 1. The summed E-state index contributed by atoms with van der Waals surface area (Å²) < 4.78 is 5.50. The lowest BCUT2D eigenvalue weighted by Crippen LogP contribution is -2.52. The molecule has 4 heteroatoms. The Balaban J connectivity index is 2.14. The Morgan fingerprint density at radius 2 is 2.10 bits per heavy atom. The molecule has 20 heavy (non-hydrogen) atoms. The minimum Gasteiger partial charge on any atom is -0.444 e. The fourth-order valence-electron chi connectivity index (χ4n) is 2.74. The molecule has 1 unspecified atom stereocenters. The summed E-state index contributed by atoms with van der Waals surface area (Å²) in [5.74, 6) is 0. The van der Waals surface area contributed by atoms with Crippen LogP contribution in [0.5, 0.6) is 0 Å². The predicted octanol–water partition coefficient (Wildman–Crippen LogP) is 4.17. The average Bonchev–Trinajstić information content (AvgIpc) is 2.67. The zero-order valence-corrected chi connectivity index (χ0v) is 14.2. The Morgan fingerprint density at radius 3 is 2.70 bits per heavy atom. The average molecular weight is 295 g/mol. The van der Waals surface area contributed by atoms with Crippen molar-refractivity contribution in [3.05, 3.63) is 21.4 Å². The number of thiophene rings is 1. The van der Waals surface area contributed by atoms with Crippen molar-refractivity contribution in [3.8, 4) is 0 Å². The lowest BCUT2D eigenvalue weighted by molar-refractivity contribution is 0.00555. The molecule has 1 aliphatic carbocycles. The summed E-state index contributed by atoms with van der Waals surface area (Å²) in [6, 6.07) is 0. The number of aryl methyl sites for hydroxylation is 1. The normalized spacial score (nSPS) is 22.3. The van der Waals surface area contributed by atoms with Gasteiger partial charge in [0.25, 0.3) is 0 Å². The number of fused-ring (bicyclic) bond motifs is 1. The zero-order valence-electron chi connectivity index (χ0n) is 13.4. The standard InChI is InChI=1S/C16H25NO2S/c1-11-13-7-8-16(5,9-12(13)10-20-11)17(6)14(18)19-15(2,3)4/h10H,7-9H2,1-6H3. The number of hydrogen-bond donors (Lipinski definition) is 0. The molecule has 1 aromatic rings. The van der Waals surface area contributed by atoms with Gasteiger partial charge in [-0.05, 0) is 70.4 Å². The highest BCUT2D eigenvalue weighted by atomic mass is 32.1. The van der Waals surface area contributed by atoms with Crippen LogP contribution in [0.25, 0.3) is 0 Å². The highest BCUT2D eigenvalue weighted by molar-refractivity contribution is 7.10. The van der Waals surface area contributed by atoms with E-state index in [0.29, 0.717) is 0 Å². The second-order valence-electron chi connectivity index (χ2n) is 7.01. The first kappa shape index (κ1) is 15.4. The summed E-state index contributed by atoms with van der Waals surface area (Å²) in [5.41, 5.74) is 2.30. The Labute approximate surface area is 125 Å². The van der Waals surface area contributed by atoms with Crippen LogP contribution >= 0.6 is 11.3 Å². The molecule has 1 atom stereocenters. The van der Waals surface area contributed by atoms with E-state index in [4.69, 9.17) is 4.74 Å². The summed E-state index contributed by atoms with van der Waals surface area (Å²) in [7, 11) is 1.86. The van der Waals surface area contributed by atoms with Gasteiger partial charge in [0.1, 0.15) is 5.60 Å². The van der Waals surface area contributed by atoms with Gasteiger partial charge < -0.3 is 9.64 Å². The number of hydrogen-bond acceptors (Lipinski definition) is 3. The predicted molar refractivity (Wildman–Crippen MR) is 83.5 cm³/mol. The van der Waals surface area contributed by atoms with E-state index in [0.717, 1.165) is 19.3 Å². The third kappa shape index (κ3) is 3.00. The quantitative estimate of drug-likeness (QED) is 0.778. The summed E-state index contributed by atoms with van der Waals surface area (Å²) >= 11 is 1.82. The molecule has 0 N–H and O–H groups in total. The Kier molecular flexibility index (Phi) is 3.89. The van der Waals surface area contributed by atoms with E-state index >= 15 is 0 Å². The fourth-order valence-corrected chi connectivity index (χ4v) is 3.66. The van der Waals surface area contributed by atoms with Crippen molar-refractivity contribution in [1.82, 2.24) is 4.90 Å². The Hall–Kier alpha value is -1.03. The molecule has 2 rings (SSSR count). The van der Waals surface area contributed by atoms with Crippen LogP contribution in [0.1, 0.15) is 50.1 Å². The molecule has 0 saturated carbocycles. The first-order valence-corrected chi connectivity index (χ1v) is 8.03. The lowest BCUT2D eigenvalue weighted by atomic mass is 9.79. The van der Waals surface area contributed by atoms with E-state index in [1.165, 1.54) is 16.0 Å². The van der Waals surface area contributed by atoms with E-state index in [1.807, 2.05) is 39.2 Å². The molecular formula is C16H25NO2S. The van der Waals surface area contributed by atoms with Crippen LogP contribution in [0, 0.1) is 6.92 Å². The van der Waals surface area contributed by atoms with Crippen LogP contribution in [0.4, 0.5) is 4.79 Å². The number of carbonyl (C=O) groups is 1. The molecule has 3 nitrogen and oxygen atoms in total. The molecule has 0 spiro atoms. The smallest absolute Gasteiger partial charge is 0.410 e. The molecule has 0 radical (unpaired) electrons. The first-order valence-electron chi connectivity index (χ1n) is 7.15. The minimum absolute atomic E-state index is 0.150. The topological polar surface area (TPSA) is 29.5 Å². The maximum absolute atomic E-state index is 12.3. The van der Waals surface area contributed by atoms with E-state index in [1.54, 1.807) is 4.90 Å². The Morgan fingerprint density at radius 1 is 1.45 bits per heavy atom.